The Morgan fingerprint density at radius 1 is 0.342 bits per heavy atom. The third-order valence-corrected chi connectivity index (χ3v) is 23.8. The molecule has 146 heavy (non-hydrogen) atoms. The molecule has 0 radical (unpaired) electrons. The molecule has 0 bridgehead atoms. The Morgan fingerprint density at radius 2 is 0.671 bits per heavy atom. The van der Waals surface area contributed by atoms with Crippen LogP contribution in [0.3, 0.4) is 0 Å². The molecule has 0 heterocycles. The lowest BCUT2D eigenvalue weighted by Crippen LogP contribution is -2.60. The monoisotopic (exact) mass is 2130 g/mol. The number of aliphatic hydroxyl groups excluding tert-OH is 3. The molecule has 0 fully saturated rings. The van der Waals surface area contributed by atoms with E-state index in [0.717, 1.165) is 23.5 Å². The molecule has 1 rings (SSSR count). The molecular formula is C90H154N26O27S3. The third-order valence-electron chi connectivity index (χ3n) is 21.8. The van der Waals surface area contributed by atoms with Crippen LogP contribution in [0.4, 0.5) is 0 Å². The van der Waals surface area contributed by atoms with Crippen molar-refractivity contribution >= 4 is 171 Å². The van der Waals surface area contributed by atoms with Gasteiger partial charge in [0.2, 0.25) is 118 Å². The largest absolute Gasteiger partial charge is 0.481 e. The number of carboxylic acids is 2. The number of guanidine groups is 1. The number of hydrogen-bond acceptors (Lipinski definition) is 32. The summed E-state index contributed by atoms with van der Waals surface area (Å²) >= 11 is 3.51. The number of amides is 20. The molecule has 0 saturated heterocycles. The van der Waals surface area contributed by atoms with Gasteiger partial charge in [0.25, 0.3) is 0 Å². The molecule has 824 valence electrons. The molecule has 0 spiro atoms. The van der Waals surface area contributed by atoms with Crippen LogP contribution in [0.25, 0.3) is 0 Å². The van der Waals surface area contributed by atoms with E-state index in [1.165, 1.54) is 25.6 Å². The first kappa shape index (κ1) is 132. The molecule has 56 heteroatoms. The van der Waals surface area contributed by atoms with E-state index in [-0.39, 0.29) is 132 Å². The number of unbranched alkanes of at least 4 members (excludes halogenated alkanes) is 2. The molecule has 0 aromatic heterocycles. The topological polar surface area (TPSA) is 857 Å². The summed E-state index contributed by atoms with van der Waals surface area (Å²) in [6.45, 7) is 8.41. The summed E-state index contributed by atoms with van der Waals surface area (Å²) in [5.41, 5.74) is 23.0. The second-order valence-corrected chi connectivity index (χ2v) is 38.4. The van der Waals surface area contributed by atoms with E-state index in [9.17, 15) is 131 Å². The summed E-state index contributed by atoms with van der Waals surface area (Å²) < 4.78 is 0. The Morgan fingerprint density at radius 3 is 1.08 bits per heavy atom. The van der Waals surface area contributed by atoms with Crippen molar-refractivity contribution in [2.24, 2.45) is 46.6 Å². The summed E-state index contributed by atoms with van der Waals surface area (Å²) in [6.07, 6.45) is 4.23. The normalized spacial score (nSPS) is 14.6. The van der Waals surface area contributed by atoms with Crippen molar-refractivity contribution in [3.63, 3.8) is 0 Å². The van der Waals surface area contributed by atoms with E-state index in [4.69, 9.17) is 28.3 Å². The van der Waals surface area contributed by atoms with Crippen LogP contribution in [0.5, 0.6) is 0 Å². The number of rotatable bonds is 75. The van der Waals surface area contributed by atoms with Crippen LogP contribution in [0.15, 0.2) is 30.3 Å². The minimum absolute atomic E-state index is 0.0233. The standard InChI is InChI=1S/C90H154N26O27S3/c1-13-50(8)73(88(141)100-41-70(123)105-63(43-118)85(138)110-56(27-31-144-10)80(133)113-62(42-117)77(130)99-39-68(121)103-57(32-47(2)3)75(128)97-40-71(124)106-66(46-146-12)89(142)143)116-81(134)55(26-21-30-96-90(94)95)108-84(137)61(36-72(125)126)112-79(132)54(25-18-20-29-92)107-82(135)59(34-49(6)7)104-69(122)38-98-76(129)60(35-52-22-15-14-16-23-52)111-87(140)65(45-145-11)115-74(127)51(9)101-78(131)53(24-17-19-28-91)109-86(139)64(44-119)114-83(136)58(33-48(4)5)102-67(120)37-93/h14-16,22-23,47-51,53-66,73,117-119H,13,17-21,24-46,91-93H2,1-12H3,(H,97,128)(H,98,129)(H,99,130)(H,100,141)(H,101,131)(H,102,120)(H,103,121)(H,104,122)(H,105,123)(H,106,124)(H,107,135)(H,108,137)(H,109,139)(H,110,138)(H,111,140)(H,112,132)(H,113,133)(H,114,136)(H,115,127)(H,116,134)(H,125,126)(H,142,143)(H4,94,95,96)/t50-,51?,53+,54+,55+,56+,57+,58+,59+,60+,61+,62+,63+,64+,65+,66+,73+/m1/s1. The molecule has 0 aliphatic carbocycles. The van der Waals surface area contributed by atoms with Gasteiger partial charge in [0.1, 0.15) is 96.7 Å². The van der Waals surface area contributed by atoms with Gasteiger partial charge in [0.15, 0.2) is 5.96 Å². The number of carbonyl (C=O) groups excluding carboxylic acids is 20. The zero-order valence-corrected chi connectivity index (χ0v) is 87.1. The van der Waals surface area contributed by atoms with Crippen LogP contribution in [0, 0.1) is 29.1 Å². The number of aliphatic hydroxyl groups is 3. The van der Waals surface area contributed by atoms with Gasteiger partial charge in [-0.2, -0.15) is 35.3 Å². The molecule has 1 aromatic rings. The van der Waals surface area contributed by atoms with Gasteiger partial charge in [-0.3, -0.25) is 106 Å². The van der Waals surface area contributed by atoms with E-state index in [1.807, 2.05) is 0 Å². The van der Waals surface area contributed by atoms with Gasteiger partial charge < -0.3 is 160 Å². The van der Waals surface area contributed by atoms with Crippen LogP contribution in [-0.4, -0.2) is 366 Å². The number of carboxylic acid groups (broad SMARTS) is 2. The second kappa shape index (κ2) is 72.8. The lowest BCUT2D eigenvalue weighted by Gasteiger charge is -2.28. The number of nitrogens with two attached hydrogens (primary N) is 4. The minimum Gasteiger partial charge on any atom is -0.481 e. The van der Waals surface area contributed by atoms with E-state index in [1.54, 1.807) is 97.6 Å². The zero-order chi connectivity index (χ0) is 110. The molecular weight excluding hydrogens is 1970 g/mol. The first-order valence-corrected chi connectivity index (χ1v) is 52.1. The molecule has 0 aliphatic rings. The number of hydrogen-bond donors (Lipinski definition) is 31. The summed E-state index contributed by atoms with van der Waals surface area (Å²) in [7, 11) is 0. The highest BCUT2D eigenvalue weighted by Crippen LogP contribution is 2.16. The van der Waals surface area contributed by atoms with Crippen LogP contribution < -0.4 is 135 Å². The van der Waals surface area contributed by atoms with Crippen molar-refractivity contribution in [1.82, 2.24) is 112 Å². The van der Waals surface area contributed by atoms with Crippen molar-refractivity contribution in [2.45, 2.75) is 255 Å². The maximum absolute atomic E-state index is 14.6. The minimum atomic E-state index is -2.02. The van der Waals surface area contributed by atoms with Gasteiger partial charge in [-0.25, -0.2) is 4.79 Å². The molecule has 17 atom stereocenters. The average Bonchev–Trinajstić information content (AvgIpc) is 0.856. The fraction of sp³-hybridized carbons (Fsp3) is 0.678. The van der Waals surface area contributed by atoms with Gasteiger partial charge in [-0.1, -0.05) is 92.1 Å². The van der Waals surface area contributed by atoms with Gasteiger partial charge in [0, 0.05) is 24.5 Å². The smallest absolute Gasteiger partial charge is 0.327 e. The molecule has 1 aromatic carbocycles. The van der Waals surface area contributed by atoms with E-state index < -0.39 is 298 Å². The number of nitrogens with one attached hydrogen (secondary N) is 22. The van der Waals surface area contributed by atoms with Crippen molar-refractivity contribution in [2.75, 3.05) is 108 Å². The van der Waals surface area contributed by atoms with E-state index >= 15 is 0 Å². The lowest BCUT2D eigenvalue weighted by atomic mass is 9.97. The van der Waals surface area contributed by atoms with Crippen molar-refractivity contribution < 1.29 is 131 Å². The van der Waals surface area contributed by atoms with Gasteiger partial charge in [-0.15, -0.1) is 0 Å². The Labute approximate surface area is 861 Å². The maximum Gasteiger partial charge on any atom is 0.327 e. The Bertz CT molecular complexity index is 4440. The second-order valence-electron chi connectivity index (χ2n) is 35.6. The number of benzene rings is 1. The van der Waals surface area contributed by atoms with Crippen LogP contribution >= 0.6 is 35.3 Å². The van der Waals surface area contributed by atoms with Gasteiger partial charge in [0.05, 0.1) is 59.0 Å². The lowest BCUT2D eigenvalue weighted by molar-refractivity contribution is -0.142. The Kier molecular flexibility index (Phi) is 65.7. The van der Waals surface area contributed by atoms with Crippen molar-refractivity contribution in [3.8, 4) is 0 Å². The van der Waals surface area contributed by atoms with Crippen LogP contribution in [0.1, 0.15) is 158 Å². The molecule has 20 amide bonds. The first-order chi connectivity index (χ1) is 69.0. The van der Waals surface area contributed by atoms with E-state index in [0.29, 0.717) is 18.4 Å². The maximum atomic E-state index is 14.6. The number of thioether (sulfide) groups is 3. The molecule has 0 aliphatic heterocycles. The molecule has 1 unspecified atom stereocenters. The number of aliphatic carboxylic acids is 2. The highest BCUT2D eigenvalue weighted by molar-refractivity contribution is 7.99. The van der Waals surface area contributed by atoms with E-state index in [2.05, 4.69) is 112 Å². The van der Waals surface area contributed by atoms with Crippen LogP contribution in [0.2, 0.25) is 0 Å². The Balaban J connectivity index is 3.48. The first-order valence-electron chi connectivity index (χ1n) is 47.9. The SMILES string of the molecule is CC[C@@H](C)[C@H](NC(=O)[C@H](CCCNC(=N)N)NC(=O)[C@H](CC(=O)O)NC(=O)[C@H](CCCCN)NC(=O)[C@H](CC(C)C)NC(=O)CNC(=O)[C@H](Cc1ccccc1)NC(=O)[C@H](CSC)NC(=O)C(C)NC(=O)[C@H](CCCCN)NC(=O)[C@H](CO)NC(=O)[C@H](CC(C)C)NC(=O)CN)C(=O)NCC(=O)N[C@@H](CO)C(=O)N[C@@H](CCSC)C(=O)N[C@@H](CO)C(=O)NCC(=O)N[C@@H](CC(C)C)C(=O)NCC(=O)N[C@@H](CSC)C(=O)O. The zero-order valence-electron chi connectivity index (χ0n) is 84.7. The Hall–Kier alpha value is -12.4. The predicted octanol–water partition coefficient (Wildman–Crippen LogP) is -9.85. The fourth-order valence-corrected chi connectivity index (χ4v) is 15.4. The predicted molar refractivity (Wildman–Crippen MR) is 541 cm³/mol. The summed E-state index contributed by atoms with van der Waals surface area (Å²) in [6, 6.07) is -15.9. The third kappa shape index (κ3) is 53.6. The number of carbonyl (C=O) groups is 22. The molecule has 0 saturated carbocycles. The molecule has 53 nitrogen and oxygen atoms in total. The average molecular weight is 2130 g/mol. The van der Waals surface area contributed by atoms with Gasteiger partial charge >= 0.3 is 11.9 Å². The van der Waals surface area contributed by atoms with Crippen molar-refractivity contribution in [3.05, 3.63) is 35.9 Å². The summed E-state index contributed by atoms with van der Waals surface area (Å²) in [5.74, 6) is -24.1. The van der Waals surface area contributed by atoms with Gasteiger partial charge in [-0.05, 0) is 151 Å². The quantitative estimate of drug-likeness (QED) is 0.0164. The van der Waals surface area contributed by atoms with Crippen LogP contribution in [-0.2, 0) is 112 Å². The molecule has 35 N–H and O–H groups in total. The highest BCUT2D eigenvalue weighted by Gasteiger charge is 2.40. The highest BCUT2D eigenvalue weighted by atomic mass is 32.2. The van der Waals surface area contributed by atoms with Crippen molar-refractivity contribution in [1.29, 1.82) is 5.41 Å². The fourth-order valence-electron chi connectivity index (χ4n) is 13.8. The summed E-state index contributed by atoms with van der Waals surface area (Å²) in [4.78, 5) is 299. The summed E-state index contributed by atoms with van der Waals surface area (Å²) in [5, 5.41) is 109.